The van der Waals surface area contributed by atoms with Crippen LogP contribution in [0.15, 0.2) is 0 Å². The highest BCUT2D eigenvalue weighted by Crippen LogP contribution is 2.27. The minimum Gasteiger partial charge on any atom is -0.292 e. The number of nitriles is 1. The molecule has 2 rings (SSSR count). The van der Waals surface area contributed by atoms with Crippen molar-refractivity contribution in [2.45, 2.75) is 31.8 Å². The fraction of sp³-hybridized carbons (Fsp3) is 0.778. The fourth-order valence-electron chi connectivity index (χ4n) is 1.59. The SMILES string of the molecule is Cn1nnc(CN(CCC#N)C2CC2)n1. The standard InChI is InChI=1S/C9H14N6/c1-14-12-9(11-13-14)7-15(6-2-5-10)8-3-4-8/h8H,2-4,6-7H2,1H3. The minimum absolute atomic E-state index is 0.566. The van der Waals surface area contributed by atoms with Gasteiger partial charge in [-0.15, -0.1) is 10.2 Å². The molecule has 0 unspecified atom stereocenters. The predicted octanol–water partition coefficient (Wildman–Crippen LogP) is 0.0882. The van der Waals surface area contributed by atoms with Crippen LogP contribution in [0.5, 0.6) is 0 Å². The van der Waals surface area contributed by atoms with Crippen molar-refractivity contribution in [3.8, 4) is 6.07 Å². The van der Waals surface area contributed by atoms with Crippen LogP contribution in [0.1, 0.15) is 25.1 Å². The maximum atomic E-state index is 8.56. The van der Waals surface area contributed by atoms with E-state index in [-0.39, 0.29) is 0 Å². The van der Waals surface area contributed by atoms with Crippen LogP contribution < -0.4 is 0 Å². The van der Waals surface area contributed by atoms with E-state index in [2.05, 4.69) is 26.4 Å². The Morgan fingerprint density at radius 2 is 2.40 bits per heavy atom. The first-order chi connectivity index (χ1) is 7.29. The number of tetrazole rings is 1. The molecule has 0 spiro atoms. The van der Waals surface area contributed by atoms with Crippen molar-refractivity contribution in [2.24, 2.45) is 7.05 Å². The Morgan fingerprint density at radius 3 is 2.93 bits per heavy atom. The zero-order chi connectivity index (χ0) is 10.7. The van der Waals surface area contributed by atoms with Crippen molar-refractivity contribution in [3.63, 3.8) is 0 Å². The van der Waals surface area contributed by atoms with E-state index in [1.165, 1.54) is 17.6 Å². The summed E-state index contributed by atoms with van der Waals surface area (Å²) in [5.74, 6) is 0.738. The molecule has 0 amide bonds. The zero-order valence-corrected chi connectivity index (χ0v) is 8.80. The molecule has 1 fully saturated rings. The molecule has 0 saturated heterocycles. The zero-order valence-electron chi connectivity index (χ0n) is 8.80. The molecule has 1 heterocycles. The maximum Gasteiger partial charge on any atom is 0.188 e. The summed E-state index contributed by atoms with van der Waals surface area (Å²) in [5.41, 5.74) is 0. The third-order valence-corrected chi connectivity index (χ3v) is 2.47. The average Bonchev–Trinajstić information content (AvgIpc) is 2.98. The molecule has 1 aromatic rings. The summed E-state index contributed by atoms with van der Waals surface area (Å²) < 4.78 is 0. The largest absolute Gasteiger partial charge is 0.292 e. The van der Waals surface area contributed by atoms with E-state index < -0.39 is 0 Å². The monoisotopic (exact) mass is 206 g/mol. The summed E-state index contributed by atoms with van der Waals surface area (Å²) in [6.07, 6.45) is 3.02. The number of hydrogen-bond acceptors (Lipinski definition) is 5. The van der Waals surface area contributed by atoms with Gasteiger partial charge in [0.2, 0.25) is 0 Å². The van der Waals surface area contributed by atoms with Crippen molar-refractivity contribution in [1.82, 2.24) is 25.1 Å². The van der Waals surface area contributed by atoms with Crippen molar-refractivity contribution >= 4 is 0 Å². The lowest BCUT2D eigenvalue weighted by molar-refractivity contribution is 0.254. The molecule has 6 heteroatoms. The van der Waals surface area contributed by atoms with Gasteiger partial charge >= 0.3 is 0 Å². The van der Waals surface area contributed by atoms with Crippen LogP contribution in [0.2, 0.25) is 0 Å². The van der Waals surface area contributed by atoms with E-state index in [0.29, 0.717) is 19.0 Å². The number of nitrogens with zero attached hydrogens (tertiary/aromatic N) is 6. The van der Waals surface area contributed by atoms with E-state index in [1.807, 2.05) is 0 Å². The Labute approximate surface area is 88.5 Å². The van der Waals surface area contributed by atoms with Crippen molar-refractivity contribution in [1.29, 1.82) is 5.26 Å². The number of rotatable bonds is 5. The third-order valence-electron chi connectivity index (χ3n) is 2.47. The highest BCUT2D eigenvalue weighted by atomic mass is 15.6. The van der Waals surface area contributed by atoms with Crippen LogP contribution in [-0.4, -0.2) is 37.7 Å². The van der Waals surface area contributed by atoms with Gasteiger partial charge in [-0.2, -0.15) is 10.1 Å². The normalized spacial score (nSPS) is 15.5. The van der Waals surface area contributed by atoms with E-state index in [9.17, 15) is 0 Å². The van der Waals surface area contributed by atoms with Gasteiger partial charge in [-0.05, 0) is 18.1 Å². The Hall–Kier alpha value is -1.48. The van der Waals surface area contributed by atoms with Gasteiger partial charge in [0.15, 0.2) is 5.82 Å². The van der Waals surface area contributed by atoms with Crippen molar-refractivity contribution < 1.29 is 0 Å². The highest BCUT2D eigenvalue weighted by molar-refractivity contribution is 4.89. The number of aryl methyl sites for hydroxylation is 1. The summed E-state index contributed by atoms with van der Waals surface area (Å²) in [6, 6.07) is 2.80. The van der Waals surface area contributed by atoms with Gasteiger partial charge in [-0.3, -0.25) is 4.90 Å². The van der Waals surface area contributed by atoms with Crippen LogP contribution >= 0.6 is 0 Å². The second-order valence-electron chi connectivity index (χ2n) is 3.80. The first-order valence-corrected chi connectivity index (χ1v) is 5.13. The van der Waals surface area contributed by atoms with Crippen LogP contribution in [0, 0.1) is 11.3 Å². The molecule has 0 aliphatic heterocycles. The second kappa shape index (κ2) is 4.36. The summed E-state index contributed by atoms with van der Waals surface area (Å²) in [5, 5.41) is 20.4. The van der Waals surface area contributed by atoms with E-state index >= 15 is 0 Å². The van der Waals surface area contributed by atoms with Gasteiger partial charge in [0, 0.05) is 19.0 Å². The third kappa shape index (κ3) is 2.73. The predicted molar refractivity (Wildman–Crippen MR) is 52.5 cm³/mol. The molecule has 1 aliphatic carbocycles. The lowest BCUT2D eigenvalue weighted by atomic mass is 10.3. The Balaban J connectivity index is 1.91. The molecule has 6 nitrogen and oxygen atoms in total. The van der Waals surface area contributed by atoms with Crippen LogP contribution in [0.3, 0.4) is 0 Å². The van der Waals surface area contributed by atoms with Crippen LogP contribution in [0.25, 0.3) is 0 Å². The Bertz CT molecular complexity index is 361. The summed E-state index contributed by atoms with van der Waals surface area (Å²) >= 11 is 0. The van der Waals surface area contributed by atoms with E-state index in [4.69, 9.17) is 5.26 Å². The van der Waals surface area contributed by atoms with Gasteiger partial charge in [0.1, 0.15) is 0 Å². The van der Waals surface area contributed by atoms with Gasteiger partial charge in [-0.1, -0.05) is 0 Å². The molecule has 0 aromatic carbocycles. The van der Waals surface area contributed by atoms with Crippen molar-refractivity contribution in [2.75, 3.05) is 6.54 Å². The molecular formula is C9H14N6. The molecule has 1 aliphatic rings. The molecule has 0 N–H and O–H groups in total. The molecule has 1 saturated carbocycles. The molecule has 1 aromatic heterocycles. The van der Waals surface area contributed by atoms with E-state index in [0.717, 1.165) is 12.4 Å². The second-order valence-corrected chi connectivity index (χ2v) is 3.80. The fourth-order valence-corrected chi connectivity index (χ4v) is 1.59. The van der Waals surface area contributed by atoms with Gasteiger partial charge in [0.05, 0.1) is 19.7 Å². The van der Waals surface area contributed by atoms with E-state index in [1.54, 1.807) is 7.05 Å². The minimum atomic E-state index is 0.566. The van der Waals surface area contributed by atoms with Crippen molar-refractivity contribution in [3.05, 3.63) is 5.82 Å². The smallest absolute Gasteiger partial charge is 0.188 e. The quantitative estimate of drug-likeness (QED) is 0.682. The Morgan fingerprint density at radius 1 is 1.60 bits per heavy atom. The first kappa shape index (κ1) is 10.1. The Kier molecular flexibility index (Phi) is 2.92. The highest BCUT2D eigenvalue weighted by Gasteiger charge is 2.29. The lowest BCUT2D eigenvalue weighted by Crippen LogP contribution is -2.27. The molecule has 0 atom stereocenters. The molecule has 15 heavy (non-hydrogen) atoms. The average molecular weight is 206 g/mol. The van der Waals surface area contributed by atoms with Gasteiger partial charge < -0.3 is 0 Å². The van der Waals surface area contributed by atoms with Crippen LogP contribution in [-0.2, 0) is 13.6 Å². The summed E-state index contributed by atoms with van der Waals surface area (Å²) in [6.45, 7) is 1.51. The number of aromatic nitrogens is 4. The summed E-state index contributed by atoms with van der Waals surface area (Å²) in [4.78, 5) is 3.73. The maximum absolute atomic E-state index is 8.56. The van der Waals surface area contributed by atoms with Crippen LogP contribution in [0.4, 0.5) is 0 Å². The molecular weight excluding hydrogens is 192 g/mol. The molecule has 80 valence electrons. The van der Waals surface area contributed by atoms with Gasteiger partial charge in [-0.25, -0.2) is 0 Å². The lowest BCUT2D eigenvalue weighted by Gasteiger charge is -2.17. The molecule has 0 radical (unpaired) electrons. The number of hydrogen-bond donors (Lipinski definition) is 0. The molecule has 0 bridgehead atoms. The summed E-state index contributed by atoms with van der Waals surface area (Å²) in [7, 11) is 1.76. The van der Waals surface area contributed by atoms with Gasteiger partial charge in [0.25, 0.3) is 0 Å². The topological polar surface area (TPSA) is 70.6 Å². The first-order valence-electron chi connectivity index (χ1n) is 5.13.